The normalized spacial score (nSPS) is 17.6. The zero-order chi connectivity index (χ0) is 15.5. The summed E-state index contributed by atoms with van der Waals surface area (Å²) in [5.41, 5.74) is 2.42. The van der Waals surface area contributed by atoms with Gasteiger partial charge in [0.2, 0.25) is 0 Å². The number of rotatable bonds is 5. The minimum absolute atomic E-state index is 0.224. The number of likely N-dealkylation sites (N-methyl/N-ethyl adjacent to an activating group) is 1. The van der Waals surface area contributed by atoms with Crippen molar-refractivity contribution in [1.82, 2.24) is 4.90 Å². The molecule has 0 saturated carbocycles. The molecular weight excluding hydrogens is 286 g/mol. The fraction of sp³-hybridized carbons (Fsp3) is 0.500. The van der Waals surface area contributed by atoms with E-state index in [-0.39, 0.29) is 6.04 Å². The molecular formula is C16H23NO3S. The van der Waals surface area contributed by atoms with Gasteiger partial charge >= 0.3 is 0 Å². The SMILES string of the molecule is CC(c1ccc(S(C)(=O)=O)cc1)N(C)CC1=CCCOC1. The third-order valence-electron chi connectivity index (χ3n) is 3.89. The molecule has 0 spiro atoms. The molecule has 0 N–H and O–H groups in total. The monoisotopic (exact) mass is 309 g/mol. The molecule has 1 unspecified atom stereocenters. The summed E-state index contributed by atoms with van der Waals surface area (Å²) in [5, 5.41) is 0. The van der Waals surface area contributed by atoms with Crippen LogP contribution in [0.4, 0.5) is 0 Å². The van der Waals surface area contributed by atoms with Gasteiger partial charge in [-0.3, -0.25) is 4.90 Å². The van der Waals surface area contributed by atoms with E-state index in [4.69, 9.17) is 4.74 Å². The van der Waals surface area contributed by atoms with E-state index in [0.29, 0.717) is 11.5 Å². The van der Waals surface area contributed by atoms with Crippen molar-refractivity contribution in [2.45, 2.75) is 24.3 Å². The van der Waals surface area contributed by atoms with Crippen LogP contribution in [0.25, 0.3) is 0 Å². The van der Waals surface area contributed by atoms with Gasteiger partial charge in [0.05, 0.1) is 18.1 Å². The molecule has 1 aliphatic heterocycles. The van der Waals surface area contributed by atoms with Gasteiger partial charge in [0.1, 0.15) is 0 Å². The first-order valence-corrected chi connectivity index (χ1v) is 9.03. The van der Waals surface area contributed by atoms with Crippen molar-refractivity contribution in [3.8, 4) is 0 Å². The molecule has 4 nitrogen and oxygen atoms in total. The van der Waals surface area contributed by atoms with Gasteiger partial charge in [-0.1, -0.05) is 18.2 Å². The Morgan fingerprint density at radius 1 is 1.29 bits per heavy atom. The average Bonchev–Trinajstić information content (AvgIpc) is 2.46. The van der Waals surface area contributed by atoms with Crippen molar-refractivity contribution < 1.29 is 13.2 Å². The maximum atomic E-state index is 11.5. The summed E-state index contributed by atoms with van der Waals surface area (Å²) < 4.78 is 28.4. The molecule has 0 saturated heterocycles. The Morgan fingerprint density at radius 2 is 1.95 bits per heavy atom. The fourth-order valence-electron chi connectivity index (χ4n) is 2.42. The smallest absolute Gasteiger partial charge is 0.175 e. The van der Waals surface area contributed by atoms with Crippen molar-refractivity contribution in [2.75, 3.05) is 33.1 Å². The highest BCUT2D eigenvalue weighted by Gasteiger charge is 2.15. The van der Waals surface area contributed by atoms with E-state index in [0.717, 1.165) is 25.1 Å². The van der Waals surface area contributed by atoms with E-state index >= 15 is 0 Å². The zero-order valence-electron chi connectivity index (χ0n) is 12.9. The van der Waals surface area contributed by atoms with E-state index < -0.39 is 9.84 Å². The zero-order valence-corrected chi connectivity index (χ0v) is 13.7. The molecule has 116 valence electrons. The van der Waals surface area contributed by atoms with Crippen molar-refractivity contribution in [3.05, 3.63) is 41.5 Å². The Hall–Kier alpha value is -1.17. The first-order valence-electron chi connectivity index (χ1n) is 7.14. The molecule has 0 radical (unpaired) electrons. The van der Waals surface area contributed by atoms with E-state index in [1.165, 1.54) is 11.8 Å². The Bertz CT molecular complexity index is 605. The van der Waals surface area contributed by atoms with Crippen LogP contribution in [0.2, 0.25) is 0 Å². The Kier molecular flexibility index (Phi) is 5.19. The second-order valence-electron chi connectivity index (χ2n) is 5.64. The lowest BCUT2D eigenvalue weighted by Gasteiger charge is -2.27. The van der Waals surface area contributed by atoms with E-state index in [1.807, 2.05) is 12.1 Å². The maximum absolute atomic E-state index is 11.5. The summed E-state index contributed by atoms with van der Waals surface area (Å²) in [6, 6.07) is 7.37. The molecule has 0 bridgehead atoms. The fourth-order valence-corrected chi connectivity index (χ4v) is 3.05. The molecule has 0 aromatic heterocycles. The highest BCUT2D eigenvalue weighted by Crippen LogP contribution is 2.22. The van der Waals surface area contributed by atoms with Crippen molar-refractivity contribution in [3.63, 3.8) is 0 Å². The van der Waals surface area contributed by atoms with E-state index in [1.54, 1.807) is 12.1 Å². The Labute approximate surface area is 127 Å². The first-order chi connectivity index (χ1) is 9.88. The van der Waals surface area contributed by atoms with E-state index in [2.05, 4.69) is 24.9 Å². The van der Waals surface area contributed by atoms with Crippen LogP contribution in [0.3, 0.4) is 0 Å². The first kappa shape index (κ1) is 16.2. The van der Waals surface area contributed by atoms with Crippen LogP contribution in [0.1, 0.15) is 24.9 Å². The summed E-state index contributed by atoms with van der Waals surface area (Å²) >= 11 is 0. The summed E-state index contributed by atoms with van der Waals surface area (Å²) in [7, 11) is -1.05. The molecule has 0 fully saturated rings. The summed E-state index contributed by atoms with van der Waals surface area (Å²) in [6.07, 6.45) is 4.47. The van der Waals surface area contributed by atoms with Crippen LogP contribution in [0, 0.1) is 0 Å². The highest BCUT2D eigenvalue weighted by atomic mass is 32.2. The number of sulfone groups is 1. The second kappa shape index (κ2) is 6.73. The van der Waals surface area contributed by atoms with Crippen LogP contribution >= 0.6 is 0 Å². The number of hydrogen-bond donors (Lipinski definition) is 0. The summed E-state index contributed by atoms with van der Waals surface area (Å²) in [5.74, 6) is 0. The summed E-state index contributed by atoms with van der Waals surface area (Å²) in [4.78, 5) is 2.61. The van der Waals surface area contributed by atoms with Gasteiger partial charge in [-0.15, -0.1) is 0 Å². The van der Waals surface area contributed by atoms with Crippen LogP contribution in [-0.2, 0) is 14.6 Å². The lowest BCUT2D eigenvalue weighted by Crippen LogP contribution is -2.27. The number of benzene rings is 1. The molecule has 1 heterocycles. The molecule has 1 aliphatic rings. The van der Waals surface area contributed by atoms with Crippen molar-refractivity contribution in [1.29, 1.82) is 0 Å². The van der Waals surface area contributed by atoms with Crippen LogP contribution in [0.5, 0.6) is 0 Å². The molecule has 1 atom stereocenters. The quantitative estimate of drug-likeness (QED) is 0.784. The Morgan fingerprint density at radius 3 is 2.48 bits per heavy atom. The molecule has 1 aromatic rings. The number of ether oxygens (including phenoxy) is 1. The largest absolute Gasteiger partial charge is 0.377 e. The molecule has 5 heteroatoms. The van der Waals surface area contributed by atoms with Gasteiger partial charge in [0, 0.05) is 18.8 Å². The molecule has 0 amide bonds. The number of nitrogens with zero attached hydrogens (tertiary/aromatic N) is 1. The van der Waals surface area contributed by atoms with Crippen molar-refractivity contribution >= 4 is 9.84 Å². The average molecular weight is 309 g/mol. The third-order valence-corrected chi connectivity index (χ3v) is 5.02. The molecule has 2 rings (SSSR count). The topological polar surface area (TPSA) is 46.6 Å². The molecule has 21 heavy (non-hydrogen) atoms. The van der Waals surface area contributed by atoms with E-state index in [9.17, 15) is 8.42 Å². The standard InChI is InChI=1S/C16H23NO3S/c1-13(17(2)11-14-5-4-10-20-12-14)15-6-8-16(9-7-15)21(3,18)19/h5-9,13H,4,10-12H2,1-3H3. The van der Waals surface area contributed by atoms with Crippen LogP contribution < -0.4 is 0 Å². The minimum Gasteiger partial charge on any atom is -0.377 e. The second-order valence-corrected chi connectivity index (χ2v) is 7.65. The van der Waals surface area contributed by atoms with Crippen LogP contribution in [0.15, 0.2) is 40.8 Å². The van der Waals surface area contributed by atoms with Crippen LogP contribution in [-0.4, -0.2) is 46.4 Å². The van der Waals surface area contributed by atoms with Gasteiger partial charge in [0.15, 0.2) is 9.84 Å². The van der Waals surface area contributed by atoms with Crippen molar-refractivity contribution in [2.24, 2.45) is 0 Å². The lowest BCUT2D eigenvalue weighted by molar-refractivity contribution is 0.141. The van der Waals surface area contributed by atoms with Gasteiger partial charge < -0.3 is 4.74 Å². The molecule has 0 aliphatic carbocycles. The maximum Gasteiger partial charge on any atom is 0.175 e. The third kappa shape index (κ3) is 4.40. The Balaban J connectivity index is 2.05. The highest BCUT2D eigenvalue weighted by molar-refractivity contribution is 7.90. The summed E-state index contributed by atoms with van der Waals surface area (Å²) in [6.45, 7) is 4.52. The predicted molar refractivity (Wildman–Crippen MR) is 84.1 cm³/mol. The lowest BCUT2D eigenvalue weighted by atomic mass is 10.1. The van der Waals surface area contributed by atoms with Gasteiger partial charge in [-0.2, -0.15) is 0 Å². The van der Waals surface area contributed by atoms with Gasteiger partial charge in [0.25, 0.3) is 0 Å². The van der Waals surface area contributed by atoms with Gasteiger partial charge in [-0.25, -0.2) is 8.42 Å². The number of hydrogen-bond acceptors (Lipinski definition) is 4. The molecule has 1 aromatic carbocycles. The van der Waals surface area contributed by atoms with Gasteiger partial charge in [-0.05, 0) is 43.7 Å². The predicted octanol–water partition coefficient (Wildman–Crippen LogP) is 2.43. The minimum atomic E-state index is -3.13.